The first kappa shape index (κ1) is 50.5. The SMILES string of the molecule is CCO.CCO.O.[Cl-].[Cl-].[N-]=C1C(=N)c2ccccc2-c2ccc3ccccc3c21.[Rh+3].c1ccc(Nc2ccccn2)nc1.c1ccc(Nc2ccccn2)nc1. The van der Waals surface area contributed by atoms with E-state index in [-0.39, 0.29) is 74.4 Å². The summed E-state index contributed by atoms with van der Waals surface area (Å²) in [6.07, 6.45) is 6.97. The van der Waals surface area contributed by atoms with Gasteiger partial charge in [0, 0.05) is 49.3 Å². The zero-order valence-corrected chi connectivity index (χ0v) is 33.8. The van der Waals surface area contributed by atoms with Crippen LogP contribution in [0.5, 0.6) is 0 Å². The minimum atomic E-state index is 0. The molecule has 56 heavy (non-hydrogen) atoms. The molecule has 0 radical (unpaired) electrons. The number of aliphatic hydroxyl groups excluding tert-OH is 2. The summed E-state index contributed by atoms with van der Waals surface area (Å²) in [5.41, 5.74) is 3.82. The summed E-state index contributed by atoms with van der Waals surface area (Å²) in [6.45, 7) is 3.86. The van der Waals surface area contributed by atoms with Gasteiger partial charge >= 0.3 is 19.5 Å². The molecular formula is C42H43Cl2N8O3Rh. The molecule has 0 spiro atoms. The van der Waals surface area contributed by atoms with E-state index in [4.69, 9.17) is 15.6 Å². The first-order valence-corrected chi connectivity index (χ1v) is 16.7. The van der Waals surface area contributed by atoms with Gasteiger partial charge in [-0.05, 0) is 89.8 Å². The number of hydrogen-bond acceptors (Lipinski definition) is 9. The van der Waals surface area contributed by atoms with Crippen LogP contribution in [0.3, 0.4) is 0 Å². The minimum Gasteiger partial charge on any atom is -1.00 e. The Morgan fingerprint density at radius 2 is 0.875 bits per heavy atom. The molecule has 0 amide bonds. The van der Waals surface area contributed by atoms with Gasteiger partial charge in [0.1, 0.15) is 23.3 Å². The van der Waals surface area contributed by atoms with Crippen LogP contribution in [0.15, 0.2) is 158 Å². The smallest absolute Gasteiger partial charge is 1.00 e. The van der Waals surface area contributed by atoms with Gasteiger partial charge < -0.3 is 62.0 Å². The predicted molar refractivity (Wildman–Crippen MR) is 216 cm³/mol. The number of aliphatic hydroxyl groups is 2. The first-order valence-electron chi connectivity index (χ1n) is 16.7. The molecule has 0 saturated heterocycles. The van der Waals surface area contributed by atoms with E-state index >= 15 is 0 Å². The van der Waals surface area contributed by atoms with E-state index in [0.29, 0.717) is 0 Å². The fourth-order valence-electron chi connectivity index (χ4n) is 4.95. The van der Waals surface area contributed by atoms with Crippen LogP contribution in [0.4, 0.5) is 23.3 Å². The van der Waals surface area contributed by atoms with Crippen molar-refractivity contribution >= 4 is 45.5 Å². The van der Waals surface area contributed by atoms with Crippen LogP contribution in [-0.4, -0.2) is 60.3 Å². The number of anilines is 4. The molecule has 4 aromatic heterocycles. The number of hydrogen-bond donors (Lipinski definition) is 5. The molecule has 11 nitrogen and oxygen atoms in total. The molecule has 7 aromatic rings. The molecule has 0 unspecified atom stereocenters. The maximum Gasteiger partial charge on any atom is 3.00 e. The van der Waals surface area contributed by atoms with E-state index in [1.54, 1.807) is 38.6 Å². The van der Waals surface area contributed by atoms with Gasteiger partial charge in [0.25, 0.3) is 0 Å². The molecule has 7 N–H and O–H groups in total. The number of pyridine rings is 4. The molecule has 3 aromatic carbocycles. The van der Waals surface area contributed by atoms with Gasteiger partial charge in [-0.2, -0.15) is 0 Å². The second kappa shape index (κ2) is 28.0. The largest absolute Gasteiger partial charge is 3.00 e. The van der Waals surface area contributed by atoms with Crippen molar-refractivity contribution in [1.82, 2.24) is 19.9 Å². The molecule has 14 heteroatoms. The van der Waals surface area contributed by atoms with Crippen LogP contribution in [0.25, 0.3) is 27.3 Å². The summed E-state index contributed by atoms with van der Waals surface area (Å²) in [5.74, 6) is 3.23. The third-order valence-corrected chi connectivity index (χ3v) is 7.06. The van der Waals surface area contributed by atoms with Gasteiger partial charge in [0.15, 0.2) is 0 Å². The van der Waals surface area contributed by atoms with Gasteiger partial charge in [0.2, 0.25) is 0 Å². The third-order valence-electron chi connectivity index (χ3n) is 7.06. The Balaban J connectivity index is 0.000000751. The molecule has 0 fully saturated rings. The van der Waals surface area contributed by atoms with Crippen LogP contribution in [0.1, 0.15) is 25.0 Å². The molecule has 0 saturated carbocycles. The Bertz CT molecular complexity index is 1990. The van der Waals surface area contributed by atoms with Gasteiger partial charge in [-0.3, -0.25) is 0 Å². The molecule has 292 valence electrons. The molecule has 4 heterocycles. The molecule has 1 aliphatic carbocycles. The topological polar surface area (TPSA) is 194 Å². The number of nitrogens with zero attached hydrogens (tertiary/aromatic N) is 5. The fourth-order valence-corrected chi connectivity index (χ4v) is 4.95. The number of fused-ring (bicyclic) bond motifs is 5. The Morgan fingerprint density at radius 3 is 1.27 bits per heavy atom. The molecule has 0 atom stereocenters. The van der Waals surface area contributed by atoms with Gasteiger partial charge in [-0.1, -0.05) is 84.9 Å². The second-order valence-electron chi connectivity index (χ2n) is 10.7. The van der Waals surface area contributed by atoms with Crippen LogP contribution in [0.2, 0.25) is 0 Å². The Kier molecular flexibility index (Phi) is 25.3. The summed E-state index contributed by atoms with van der Waals surface area (Å²) in [7, 11) is 0. The van der Waals surface area contributed by atoms with Crippen LogP contribution >= 0.6 is 0 Å². The van der Waals surface area contributed by atoms with Crippen molar-refractivity contribution in [2.45, 2.75) is 13.8 Å². The average Bonchev–Trinajstić information content (AvgIpc) is 3.19. The fraction of sp³-hybridized carbons (Fsp3) is 0.0952. The molecule has 0 bridgehead atoms. The third kappa shape index (κ3) is 15.0. The average molecular weight is 882 g/mol. The quantitative estimate of drug-likeness (QED) is 0.166. The minimum absolute atomic E-state index is 0. The summed E-state index contributed by atoms with van der Waals surface area (Å²) in [6, 6.07) is 42.6. The van der Waals surface area contributed by atoms with Crippen molar-refractivity contribution in [2.24, 2.45) is 0 Å². The van der Waals surface area contributed by atoms with Gasteiger partial charge in [-0.15, -0.1) is 5.71 Å². The van der Waals surface area contributed by atoms with E-state index in [0.717, 1.165) is 56.3 Å². The number of aromatic nitrogens is 4. The van der Waals surface area contributed by atoms with Crippen molar-refractivity contribution in [3.8, 4) is 11.1 Å². The van der Waals surface area contributed by atoms with Crippen LogP contribution in [-0.2, 0) is 19.5 Å². The monoisotopic (exact) mass is 880 g/mol. The van der Waals surface area contributed by atoms with E-state index in [1.165, 1.54) is 0 Å². The molecule has 0 aliphatic heterocycles. The second-order valence-corrected chi connectivity index (χ2v) is 10.7. The first-order chi connectivity index (χ1) is 25.5. The maximum absolute atomic E-state index is 10.5. The maximum atomic E-state index is 10.5. The summed E-state index contributed by atoms with van der Waals surface area (Å²) < 4.78 is 0. The molecular weight excluding hydrogens is 838 g/mol. The van der Waals surface area contributed by atoms with Crippen LogP contribution in [0, 0.1) is 5.41 Å². The molecule has 8 rings (SSSR count). The molecule has 1 aliphatic rings. The van der Waals surface area contributed by atoms with Crippen molar-refractivity contribution in [3.63, 3.8) is 0 Å². The van der Waals surface area contributed by atoms with Crippen molar-refractivity contribution in [1.29, 1.82) is 5.41 Å². The zero-order chi connectivity index (χ0) is 37.0. The zero-order valence-electron chi connectivity index (χ0n) is 30.6. The Morgan fingerprint density at radius 1 is 0.518 bits per heavy atom. The summed E-state index contributed by atoms with van der Waals surface area (Å²) >= 11 is 0. The van der Waals surface area contributed by atoms with E-state index in [1.807, 2.05) is 127 Å². The van der Waals surface area contributed by atoms with E-state index < -0.39 is 0 Å². The number of nitrogens with one attached hydrogen (secondary N) is 3. The summed E-state index contributed by atoms with van der Waals surface area (Å²) in [5, 5.41) is 42.0. The number of benzene rings is 3. The predicted octanol–water partition coefficient (Wildman–Crippen LogP) is 1.87. The Labute approximate surface area is 352 Å². The van der Waals surface area contributed by atoms with Gasteiger partial charge in [-0.25, -0.2) is 19.9 Å². The van der Waals surface area contributed by atoms with Crippen molar-refractivity contribution in [3.05, 3.63) is 175 Å². The summed E-state index contributed by atoms with van der Waals surface area (Å²) in [4.78, 5) is 16.5. The number of halogens is 2. The number of rotatable bonds is 4. The normalized spacial score (nSPS) is 9.79. The van der Waals surface area contributed by atoms with Crippen LogP contribution < -0.4 is 35.4 Å². The Hall–Kier alpha value is -5.46. The standard InChI is InChI=1S/C18H11N2.2C10H9N3.2C2H6O.2ClH.H2O.Rh/c19-17-15-8-4-3-7-13(15)14-10-9-11-5-1-2-6-12(11)16(14)18(17)20;2*1-3-7-11-9(5-1)13-10-6-2-4-8-12-10;2*1-2-3;;;;/h1-10,19H;2*1-8H,(H,11,12,13);2*3H,2H2,1H3;2*1H;1H2;/q-1;;;;;;;;+3/p-2. The van der Waals surface area contributed by atoms with Gasteiger partial charge in [0.05, 0.1) is 0 Å². The van der Waals surface area contributed by atoms with Crippen molar-refractivity contribution < 1.29 is 60.0 Å². The van der Waals surface area contributed by atoms with E-state index in [2.05, 4.69) is 36.6 Å². The van der Waals surface area contributed by atoms with E-state index in [9.17, 15) is 5.41 Å². The van der Waals surface area contributed by atoms with Crippen molar-refractivity contribution in [2.75, 3.05) is 23.8 Å².